The molecule has 26 heavy (non-hydrogen) atoms. The van der Waals surface area contributed by atoms with Gasteiger partial charge in [0, 0.05) is 13.1 Å². The number of rotatable bonds is 8. The molecule has 0 spiro atoms. The Morgan fingerprint density at radius 3 is 2.15 bits per heavy atom. The van der Waals surface area contributed by atoms with Crippen molar-refractivity contribution in [3.05, 3.63) is 29.8 Å². The van der Waals surface area contributed by atoms with Crippen LogP contribution in [0.25, 0.3) is 0 Å². The molecular formula is C18H26F3N3O2. The molecule has 0 bridgehead atoms. The van der Waals surface area contributed by atoms with Crippen LogP contribution < -0.4 is 11.1 Å². The number of hydrogen-bond acceptors (Lipinski definition) is 3. The minimum Gasteiger partial charge on any atom is -0.333 e. The summed E-state index contributed by atoms with van der Waals surface area (Å²) in [6.45, 7) is 5.48. The summed E-state index contributed by atoms with van der Waals surface area (Å²) >= 11 is 0. The summed E-state index contributed by atoms with van der Waals surface area (Å²) < 4.78 is 39.1. The number of nitrogens with one attached hydrogen (secondary N) is 1. The van der Waals surface area contributed by atoms with Crippen LogP contribution in [-0.2, 0) is 15.8 Å². The highest BCUT2D eigenvalue weighted by atomic mass is 19.4. The molecule has 0 unspecified atom stereocenters. The smallest absolute Gasteiger partial charge is 0.333 e. The number of carbonyl (C=O) groups excluding carboxylic acids is 2. The summed E-state index contributed by atoms with van der Waals surface area (Å²) in [6.07, 6.45) is -3.54. The van der Waals surface area contributed by atoms with Gasteiger partial charge in [0.25, 0.3) is 0 Å². The van der Waals surface area contributed by atoms with Gasteiger partial charge in [-0.2, -0.15) is 13.2 Å². The average molecular weight is 373 g/mol. The van der Waals surface area contributed by atoms with Crippen molar-refractivity contribution in [3.8, 4) is 0 Å². The van der Waals surface area contributed by atoms with Gasteiger partial charge < -0.3 is 16.0 Å². The summed E-state index contributed by atoms with van der Waals surface area (Å²) in [5, 5.41) is 2.26. The number of alkyl halides is 3. The Morgan fingerprint density at radius 1 is 1.12 bits per heavy atom. The quantitative estimate of drug-likeness (QED) is 0.734. The number of hydrogen-bond donors (Lipinski definition) is 2. The molecule has 5 nitrogen and oxygen atoms in total. The number of nitrogens with two attached hydrogens (primary N) is 1. The molecule has 0 fully saturated rings. The van der Waals surface area contributed by atoms with E-state index in [1.165, 1.54) is 23.1 Å². The SMILES string of the molecule is CCN(CC(=O)Nc1ccccc1C(F)(F)F)C(=O)C(CC)(CC)CN. The Kier molecular flexibility index (Phi) is 7.62. The van der Waals surface area contributed by atoms with E-state index in [1.807, 2.05) is 13.8 Å². The Bertz CT molecular complexity index is 620. The van der Waals surface area contributed by atoms with Gasteiger partial charge in [-0.3, -0.25) is 9.59 Å². The van der Waals surface area contributed by atoms with Crippen molar-refractivity contribution >= 4 is 17.5 Å². The van der Waals surface area contributed by atoms with Crippen LogP contribution in [0.2, 0.25) is 0 Å². The van der Waals surface area contributed by atoms with E-state index in [-0.39, 0.29) is 31.2 Å². The van der Waals surface area contributed by atoms with Crippen LogP contribution in [0.3, 0.4) is 0 Å². The minimum atomic E-state index is -4.58. The third kappa shape index (κ3) is 4.97. The molecule has 0 aliphatic heterocycles. The molecule has 0 heterocycles. The van der Waals surface area contributed by atoms with E-state index in [0.717, 1.165) is 6.07 Å². The monoisotopic (exact) mass is 373 g/mol. The Balaban J connectivity index is 2.94. The van der Waals surface area contributed by atoms with Gasteiger partial charge >= 0.3 is 6.18 Å². The first-order chi connectivity index (χ1) is 12.1. The van der Waals surface area contributed by atoms with E-state index < -0.39 is 23.1 Å². The Morgan fingerprint density at radius 2 is 1.69 bits per heavy atom. The fourth-order valence-electron chi connectivity index (χ4n) is 2.79. The summed E-state index contributed by atoms with van der Waals surface area (Å²) in [4.78, 5) is 26.4. The number of para-hydroxylation sites is 1. The fraction of sp³-hybridized carbons (Fsp3) is 0.556. The molecule has 0 saturated heterocycles. The van der Waals surface area contributed by atoms with Gasteiger partial charge in [0.15, 0.2) is 0 Å². The van der Waals surface area contributed by atoms with Crippen molar-refractivity contribution in [3.63, 3.8) is 0 Å². The molecule has 0 atom stereocenters. The molecule has 1 aromatic carbocycles. The van der Waals surface area contributed by atoms with Crippen molar-refractivity contribution in [2.24, 2.45) is 11.1 Å². The van der Waals surface area contributed by atoms with Crippen LogP contribution in [0.4, 0.5) is 18.9 Å². The number of nitrogens with zero attached hydrogens (tertiary/aromatic N) is 1. The lowest BCUT2D eigenvalue weighted by Crippen LogP contribution is -2.49. The van der Waals surface area contributed by atoms with E-state index in [1.54, 1.807) is 6.92 Å². The van der Waals surface area contributed by atoms with E-state index in [4.69, 9.17) is 5.73 Å². The molecule has 0 aromatic heterocycles. The van der Waals surface area contributed by atoms with E-state index >= 15 is 0 Å². The van der Waals surface area contributed by atoms with Gasteiger partial charge in [-0.05, 0) is 31.9 Å². The molecule has 3 N–H and O–H groups in total. The maximum absolute atomic E-state index is 13.0. The summed E-state index contributed by atoms with van der Waals surface area (Å²) in [5.74, 6) is -0.943. The third-order valence-corrected chi connectivity index (χ3v) is 4.71. The number of benzene rings is 1. The van der Waals surface area contributed by atoms with Gasteiger partial charge in [0.2, 0.25) is 11.8 Å². The lowest BCUT2D eigenvalue weighted by Gasteiger charge is -2.34. The number of anilines is 1. The number of halogens is 3. The van der Waals surface area contributed by atoms with Crippen LogP contribution in [0, 0.1) is 5.41 Å². The highest BCUT2D eigenvalue weighted by Gasteiger charge is 2.37. The zero-order chi connectivity index (χ0) is 20.0. The molecule has 0 aliphatic carbocycles. The highest BCUT2D eigenvalue weighted by molar-refractivity contribution is 5.96. The van der Waals surface area contributed by atoms with Crippen LogP contribution in [0.15, 0.2) is 24.3 Å². The largest absolute Gasteiger partial charge is 0.418 e. The van der Waals surface area contributed by atoms with Gasteiger partial charge in [0.1, 0.15) is 0 Å². The first-order valence-electron chi connectivity index (χ1n) is 8.60. The van der Waals surface area contributed by atoms with Gasteiger partial charge in [0.05, 0.1) is 23.2 Å². The van der Waals surface area contributed by atoms with E-state index in [2.05, 4.69) is 5.32 Å². The fourth-order valence-corrected chi connectivity index (χ4v) is 2.79. The molecule has 0 saturated carbocycles. The second kappa shape index (κ2) is 9.02. The Hall–Kier alpha value is -2.09. The molecular weight excluding hydrogens is 347 g/mol. The lowest BCUT2D eigenvalue weighted by molar-refractivity contribution is -0.144. The summed E-state index contributed by atoms with van der Waals surface area (Å²) in [7, 11) is 0. The van der Waals surface area contributed by atoms with Crippen LogP contribution in [-0.4, -0.2) is 36.3 Å². The van der Waals surface area contributed by atoms with E-state index in [0.29, 0.717) is 12.8 Å². The molecule has 0 aliphatic rings. The molecule has 8 heteroatoms. The zero-order valence-electron chi connectivity index (χ0n) is 15.3. The van der Waals surface area contributed by atoms with Crippen molar-refractivity contribution in [1.82, 2.24) is 4.90 Å². The first kappa shape index (κ1) is 22.0. The number of carbonyl (C=O) groups is 2. The topological polar surface area (TPSA) is 75.4 Å². The summed E-state index contributed by atoms with van der Waals surface area (Å²) in [5.41, 5.74) is 3.75. The molecule has 146 valence electrons. The molecule has 0 radical (unpaired) electrons. The minimum absolute atomic E-state index is 0.147. The van der Waals surface area contributed by atoms with E-state index in [9.17, 15) is 22.8 Å². The highest BCUT2D eigenvalue weighted by Crippen LogP contribution is 2.34. The van der Waals surface area contributed by atoms with Crippen molar-refractivity contribution in [1.29, 1.82) is 0 Å². The van der Waals surface area contributed by atoms with Crippen LogP contribution in [0.5, 0.6) is 0 Å². The third-order valence-electron chi connectivity index (χ3n) is 4.71. The molecule has 1 aromatic rings. The van der Waals surface area contributed by atoms with Crippen molar-refractivity contribution in [2.45, 2.75) is 39.8 Å². The van der Waals surface area contributed by atoms with Gasteiger partial charge in [-0.1, -0.05) is 26.0 Å². The lowest BCUT2D eigenvalue weighted by atomic mass is 9.81. The van der Waals surface area contributed by atoms with Crippen LogP contribution in [0.1, 0.15) is 39.2 Å². The predicted molar refractivity (Wildman–Crippen MR) is 94.4 cm³/mol. The second-order valence-corrected chi connectivity index (χ2v) is 6.10. The number of amides is 2. The molecule has 2 amide bonds. The first-order valence-corrected chi connectivity index (χ1v) is 8.60. The van der Waals surface area contributed by atoms with Gasteiger partial charge in [-0.25, -0.2) is 0 Å². The van der Waals surface area contributed by atoms with Crippen molar-refractivity contribution < 1.29 is 22.8 Å². The average Bonchev–Trinajstić information content (AvgIpc) is 2.61. The van der Waals surface area contributed by atoms with Crippen molar-refractivity contribution in [2.75, 3.05) is 25.0 Å². The standard InChI is InChI=1S/C18H26F3N3O2/c1-4-17(5-2,12-22)16(26)24(6-3)11-15(25)23-14-10-8-7-9-13(14)18(19,20)21/h7-10H,4-6,11-12,22H2,1-3H3,(H,23,25). The van der Waals surface area contributed by atoms with Gasteiger partial charge in [-0.15, -0.1) is 0 Å². The Labute approximate surface area is 151 Å². The van der Waals surface area contributed by atoms with Crippen LogP contribution >= 0.6 is 0 Å². The maximum atomic E-state index is 13.0. The summed E-state index contributed by atoms with van der Waals surface area (Å²) in [6, 6.07) is 4.73. The molecule has 1 rings (SSSR count). The maximum Gasteiger partial charge on any atom is 0.418 e. The number of likely N-dealkylation sites (N-methyl/N-ethyl adjacent to an activating group) is 1. The predicted octanol–water partition coefficient (Wildman–Crippen LogP) is 3.26. The normalized spacial score (nSPS) is 12.0. The zero-order valence-corrected chi connectivity index (χ0v) is 15.3. The second-order valence-electron chi connectivity index (χ2n) is 6.10.